The predicted molar refractivity (Wildman–Crippen MR) is 76.3 cm³/mol. The predicted octanol–water partition coefficient (Wildman–Crippen LogP) is 1.51. The summed E-state index contributed by atoms with van der Waals surface area (Å²) in [7, 11) is 0. The highest BCUT2D eigenvalue weighted by atomic mass is 16.5. The van der Waals surface area contributed by atoms with Crippen LogP contribution in [0.1, 0.15) is 19.4 Å². The van der Waals surface area contributed by atoms with Gasteiger partial charge in [0.15, 0.2) is 5.96 Å². The highest BCUT2D eigenvalue weighted by Crippen LogP contribution is 2.11. The van der Waals surface area contributed by atoms with Gasteiger partial charge in [0, 0.05) is 13.1 Å². The molecule has 0 aromatic heterocycles. The second kappa shape index (κ2) is 8.81. The second-order valence-electron chi connectivity index (χ2n) is 3.78. The van der Waals surface area contributed by atoms with Crippen LogP contribution in [0.5, 0.6) is 5.75 Å². The minimum atomic E-state index is 0.506. The number of rotatable bonds is 6. The lowest BCUT2D eigenvalue weighted by molar-refractivity contribution is 0.328. The third-order valence-corrected chi connectivity index (χ3v) is 2.30. The van der Waals surface area contributed by atoms with Crippen molar-refractivity contribution in [3.05, 3.63) is 29.8 Å². The smallest absolute Gasteiger partial charge is 0.191 e. The average molecular weight is 260 g/mol. The van der Waals surface area contributed by atoms with Gasteiger partial charge in [-0.25, -0.2) is 4.99 Å². The molecule has 2 N–H and O–H groups in total. The summed E-state index contributed by atoms with van der Waals surface area (Å²) < 4.78 is 5.54. The van der Waals surface area contributed by atoms with E-state index >= 15 is 0 Å². The zero-order valence-corrected chi connectivity index (χ0v) is 11.4. The van der Waals surface area contributed by atoms with Crippen LogP contribution in [-0.2, 0) is 0 Å². The van der Waals surface area contributed by atoms with E-state index in [1.54, 1.807) is 24.3 Å². The molecule has 0 spiro atoms. The van der Waals surface area contributed by atoms with Crippen LogP contribution in [0.15, 0.2) is 29.3 Å². The number of ether oxygens (including phenoxy) is 1. The van der Waals surface area contributed by atoms with Crippen LogP contribution in [0.4, 0.5) is 0 Å². The maximum Gasteiger partial charge on any atom is 0.191 e. The van der Waals surface area contributed by atoms with Gasteiger partial charge in [0.2, 0.25) is 0 Å². The maximum atomic E-state index is 8.68. The lowest BCUT2D eigenvalue weighted by Gasteiger charge is -2.09. The monoisotopic (exact) mass is 260 g/mol. The van der Waals surface area contributed by atoms with E-state index in [1.165, 1.54) is 0 Å². The third-order valence-electron chi connectivity index (χ3n) is 2.30. The minimum Gasteiger partial charge on any atom is -0.492 e. The van der Waals surface area contributed by atoms with E-state index in [1.807, 2.05) is 13.8 Å². The summed E-state index contributed by atoms with van der Waals surface area (Å²) in [6.07, 6.45) is 0. The molecule has 0 aliphatic rings. The van der Waals surface area contributed by atoms with Gasteiger partial charge in [-0.15, -0.1) is 0 Å². The SMILES string of the molecule is CCNC(=NCCOc1ccc(C#N)cc1)NCC. The number of hydrogen-bond acceptors (Lipinski definition) is 3. The molecule has 102 valence electrons. The molecule has 5 heteroatoms. The first-order chi connectivity index (χ1) is 9.30. The van der Waals surface area contributed by atoms with E-state index in [0.717, 1.165) is 24.8 Å². The molecular formula is C14H20N4O. The Morgan fingerprint density at radius 1 is 1.21 bits per heavy atom. The van der Waals surface area contributed by atoms with Crippen molar-refractivity contribution in [2.24, 2.45) is 4.99 Å². The fourth-order valence-electron chi connectivity index (χ4n) is 1.46. The molecule has 0 aliphatic carbocycles. The Morgan fingerprint density at radius 3 is 2.37 bits per heavy atom. The molecule has 1 rings (SSSR count). The third kappa shape index (κ3) is 5.77. The first kappa shape index (κ1) is 14.8. The summed E-state index contributed by atoms with van der Waals surface area (Å²) in [6.45, 7) is 6.81. The zero-order chi connectivity index (χ0) is 13.9. The summed E-state index contributed by atoms with van der Waals surface area (Å²) in [5, 5.41) is 15.0. The first-order valence-corrected chi connectivity index (χ1v) is 6.45. The lowest BCUT2D eigenvalue weighted by Crippen LogP contribution is -2.37. The fourth-order valence-corrected chi connectivity index (χ4v) is 1.46. The molecule has 0 bridgehead atoms. The number of nitriles is 1. The van der Waals surface area contributed by atoms with Crippen molar-refractivity contribution in [1.82, 2.24) is 10.6 Å². The van der Waals surface area contributed by atoms with Crippen molar-refractivity contribution in [3.63, 3.8) is 0 Å². The molecule has 0 radical (unpaired) electrons. The van der Waals surface area contributed by atoms with Gasteiger partial charge in [-0.3, -0.25) is 0 Å². The van der Waals surface area contributed by atoms with Gasteiger partial charge in [0.1, 0.15) is 12.4 Å². The standard InChI is InChI=1S/C14H20N4O/c1-3-16-14(17-4-2)18-9-10-19-13-7-5-12(11-15)6-8-13/h5-8H,3-4,9-10H2,1-2H3,(H2,16,17,18). The van der Waals surface area contributed by atoms with Crippen molar-refractivity contribution in [1.29, 1.82) is 5.26 Å². The van der Waals surface area contributed by atoms with Crippen molar-refractivity contribution in [2.45, 2.75) is 13.8 Å². The van der Waals surface area contributed by atoms with Gasteiger partial charge in [0.05, 0.1) is 18.2 Å². The summed E-state index contributed by atoms with van der Waals surface area (Å²) in [6, 6.07) is 9.12. The molecule has 0 amide bonds. The van der Waals surface area contributed by atoms with E-state index in [0.29, 0.717) is 18.7 Å². The normalized spacial score (nSPS) is 9.32. The first-order valence-electron chi connectivity index (χ1n) is 6.45. The molecule has 0 heterocycles. The van der Waals surface area contributed by atoms with E-state index in [9.17, 15) is 0 Å². The van der Waals surface area contributed by atoms with E-state index in [-0.39, 0.29) is 0 Å². The van der Waals surface area contributed by atoms with Gasteiger partial charge in [-0.2, -0.15) is 5.26 Å². The quantitative estimate of drug-likeness (QED) is 0.462. The van der Waals surface area contributed by atoms with Crippen LogP contribution in [0.3, 0.4) is 0 Å². The Balaban J connectivity index is 2.36. The van der Waals surface area contributed by atoms with E-state index in [4.69, 9.17) is 10.00 Å². The topological polar surface area (TPSA) is 69.4 Å². The molecule has 5 nitrogen and oxygen atoms in total. The molecule has 0 saturated heterocycles. The largest absolute Gasteiger partial charge is 0.492 e. The molecule has 0 unspecified atom stereocenters. The number of nitrogens with one attached hydrogen (secondary N) is 2. The van der Waals surface area contributed by atoms with Crippen molar-refractivity contribution in [3.8, 4) is 11.8 Å². The van der Waals surface area contributed by atoms with Crippen LogP contribution in [-0.4, -0.2) is 32.2 Å². The van der Waals surface area contributed by atoms with Crippen molar-refractivity contribution in [2.75, 3.05) is 26.2 Å². The number of nitrogens with zero attached hydrogens (tertiary/aromatic N) is 2. The second-order valence-corrected chi connectivity index (χ2v) is 3.78. The Kier molecular flexibility index (Phi) is 6.88. The van der Waals surface area contributed by atoms with Crippen LogP contribution in [0, 0.1) is 11.3 Å². The average Bonchev–Trinajstić information content (AvgIpc) is 2.44. The maximum absolute atomic E-state index is 8.68. The summed E-state index contributed by atoms with van der Waals surface area (Å²) >= 11 is 0. The van der Waals surface area contributed by atoms with Gasteiger partial charge < -0.3 is 15.4 Å². The highest BCUT2D eigenvalue weighted by molar-refractivity contribution is 5.79. The van der Waals surface area contributed by atoms with Gasteiger partial charge in [-0.1, -0.05) is 0 Å². The lowest BCUT2D eigenvalue weighted by atomic mass is 10.2. The molecular weight excluding hydrogens is 240 g/mol. The Bertz CT molecular complexity index is 426. The molecule has 0 aliphatic heterocycles. The number of benzene rings is 1. The molecule has 1 aromatic rings. The summed E-state index contributed by atoms with van der Waals surface area (Å²) in [5.41, 5.74) is 0.631. The summed E-state index contributed by atoms with van der Waals surface area (Å²) in [4.78, 5) is 4.37. The number of guanidine groups is 1. The Labute approximate surface area is 114 Å². The van der Waals surface area contributed by atoms with Gasteiger partial charge in [0.25, 0.3) is 0 Å². The molecule has 0 atom stereocenters. The molecule has 19 heavy (non-hydrogen) atoms. The van der Waals surface area contributed by atoms with Crippen LogP contribution in [0.25, 0.3) is 0 Å². The highest BCUT2D eigenvalue weighted by Gasteiger charge is 1.96. The van der Waals surface area contributed by atoms with E-state index < -0.39 is 0 Å². The van der Waals surface area contributed by atoms with Crippen LogP contribution < -0.4 is 15.4 Å². The molecule has 0 fully saturated rings. The summed E-state index contributed by atoms with van der Waals surface area (Å²) in [5.74, 6) is 1.55. The Hall–Kier alpha value is -2.22. The molecule has 1 aromatic carbocycles. The fraction of sp³-hybridized carbons (Fsp3) is 0.429. The van der Waals surface area contributed by atoms with Crippen molar-refractivity contribution < 1.29 is 4.74 Å². The number of hydrogen-bond donors (Lipinski definition) is 2. The number of aliphatic imine (C=N–C) groups is 1. The van der Waals surface area contributed by atoms with Crippen LogP contribution >= 0.6 is 0 Å². The molecule has 0 saturated carbocycles. The minimum absolute atomic E-state index is 0.506. The van der Waals surface area contributed by atoms with E-state index in [2.05, 4.69) is 21.7 Å². The van der Waals surface area contributed by atoms with Crippen molar-refractivity contribution >= 4 is 5.96 Å². The van der Waals surface area contributed by atoms with Gasteiger partial charge >= 0.3 is 0 Å². The Morgan fingerprint density at radius 2 is 1.84 bits per heavy atom. The van der Waals surface area contributed by atoms with Crippen LogP contribution in [0.2, 0.25) is 0 Å². The zero-order valence-electron chi connectivity index (χ0n) is 11.4. The van der Waals surface area contributed by atoms with Gasteiger partial charge in [-0.05, 0) is 38.1 Å².